The quantitative estimate of drug-likeness (QED) is 0.148. The summed E-state index contributed by atoms with van der Waals surface area (Å²) in [5.41, 5.74) is 1.63. The Bertz CT molecular complexity index is 1400. The number of anilines is 1. The number of carbonyl (C=O) groups excluding carboxylic acids is 2. The monoisotopic (exact) mass is 502 g/mol. The lowest BCUT2D eigenvalue weighted by Crippen LogP contribution is -2.29. The summed E-state index contributed by atoms with van der Waals surface area (Å²) in [4.78, 5) is 38.8. The third-order valence-electron chi connectivity index (χ3n) is 6.20. The summed E-state index contributed by atoms with van der Waals surface area (Å²) in [5.74, 6) is -1.36. The first-order chi connectivity index (χ1) is 17.8. The first-order valence-electron chi connectivity index (χ1n) is 11.8. The minimum Gasteiger partial charge on any atom is -0.507 e. The molecule has 0 spiro atoms. The maximum Gasteiger partial charge on any atom is 0.300 e. The highest BCUT2D eigenvalue weighted by atomic mass is 16.6. The van der Waals surface area contributed by atoms with E-state index in [1.807, 2.05) is 26.0 Å². The van der Waals surface area contributed by atoms with Gasteiger partial charge in [0.25, 0.3) is 17.4 Å². The van der Waals surface area contributed by atoms with Gasteiger partial charge in [-0.3, -0.25) is 24.6 Å². The molecule has 37 heavy (non-hydrogen) atoms. The number of nitro groups is 1. The van der Waals surface area contributed by atoms with Gasteiger partial charge in [0.2, 0.25) is 0 Å². The zero-order chi connectivity index (χ0) is 26.7. The van der Waals surface area contributed by atoms with Gasteiger partial charge in [-0.2, -0.15) is 0 Å². The van der Waals surface area contributed by atoms with Crippen LogP contribution in [-0.2, 0) is 16.0 Å². The molecule has 4 rings (SSSR count). The number of nitro benzene ring substituents is 1. The lowest BCUT2D eigenvalue weighted by Gasteiger charge is -2.26. The summed E-state index contributed by atoms with van der Waals surface area (Å²) in [6, 6.07) is 16.5. The van der Waals surface area contributed by atoms with Gasteiger partial charge >= 0.3 is 0 Å². The van der Waals surface area contributed by atoms with Gasteiger partial charge < -0.3 is 14.6 Å². The van der Waals surface area contributed by atoms with E-state index in [9.17, 15) is 24.8 Å². The van der Waals surface area contributed by atoms with Gasteiger partial charge in [0.05, 0.1) is 30.3 Å². The number of aliphatic hydroxyl groups excluding tert-OH is 1. The predicted octanol–water partition coefficient (Wildman–Crippen LogP) is 5.19. The number of benzene rings is 3. The van der Waals surface area contributed by atoms with E-state index in [0.29, 0.717) is 29.4 Å². The van der Waals surface area contributed by atoms with Crippen molar-refractivity contribution in [3.63, 3.8) is 0 Å². The van der Waals surface area contributed by atoms with Gasteiger partial charge in [-0.1, -0.05) is 37.3 Å². The molecule has 1 aliphatic heterocycles. The van der Waals surface area contributed by atoms with E-state index >= 15 is 0 Å². The van der Waals surface area contributed by atoms with Gasteiger partial charge in [-0.05, 0) is 48.7 Å². The lowest BCUT2D eigenvalue weighted by atomic mass is 9.94. The number of carbonyl (C=O) groups is 2. The number of ether oxygens (including phenoxy) is 2. The number of amides is 1. The minimum absolute atomic E-state index is 0.0528. The van der Waals surface area contributed by atoms with Gasteiger partial charge in [-0.25, -0.2) is 0 Å². The molecule has 9 nitrogen and oxygen atoms in total. The normalized spacial score (nSPS) is 16.6. The number of ketones is 1. The van der Waals surface area contributed by atoms with Crippen molar-refractivity contribution in [3.8, 4) is 11.5 Å². The second-order valence-corrected chi connectivity index (χ2v) is 8.34. The molecular formula is C28H26N2O7. The van der Waals surface area contributed by atoms with Gasteiger partial charge in [0, 0.05) is 23.4 Å². The SMILES string of the molecule is CCOc1cc(C2/C(=C(\O)c3cccc([N+](=O)[O-])c3)C(=O)C(=O)N2c2ccc(CC)cc2)ccc1OC. The number of hydrogen-bond donors (Lipinski definition) is 1. The average molecular weight is 503 g/mol. The molecule has 3 aromatic rings. The van der Waals surface area contributed by atoms with Crippen molar-refractivity contribution in [2.75, 3.05) is 18.6 Å². The number of aliphatic hydroxyl groups is 1. The molecule has 1 N–H and O–H groups in total. The van der Waals surface area contributed by atoms with E-state index in [2.05, 4.69) is 0 Å². The number of aryl methyl sites for hydroxylation is 1. The van der Waals surface area contributed by atoms with Crippen LogP contribution in [0.4, 0.5) is 11.4 Å². The summed E-state index contributed by atoms with van der Waals surface area (Å²) in [6.07, 6.45) is 0.797. The molecule has 0 saturated carbocycles. The fourth-order valence-electron chi connectivity index (χ4n) is 4.36. The van der Waals surface area contributed by atoms with Crippen LogP contribution < -0.4 is 14.4 Å². The van der Waals surface area contributed by atoms with Crippen LogP contribution in [0.15, 0.2) is 72.3 Å². The summed E-state index contributed by atoms with van der Waals surface area (Å²) in [5, 5.41) is 22.6. The van der Waals surface area contributed by atoms with E-state index in [1.54, 1.807) is 30.3 Å². The zero-order valence-corrected chi connectivity index (χ0v) is 20.6. The molecule has 1 fully saturated rings. The van der Waals surface area contributed by atoms with Crippen LogP contribution in [0.5, 0.6) is 11.5 Å². The maximum absolute atomic E-state index is 13.4. The van der Waals surface area contributed by atoms with Gasteiger partial charge in [0.1, 0.15) is 5.76 Å². The van der Waals surface area contributed by atoms with Crippen molar-refractivity contribution in [3.05, 3.63) is 99.1 Å². The molecule has 0 aromatic heterocycles. The Kier molecular flexibility index (Phi) is 7.24. The maximum atomic E-state index is 13.4. The third-order valence-corrected chi connectivity index (χ3v) is 6.20. The Morgan fingerprint density at radius 3 is 2.38 bits per heavy atom. The van der Waals surface area contributed by atoms with Crippen LogP contribution in [0.25, 0.3) is 5.76 Å². The molecule has 0 radical (unpaired) electrons. The second-order valence-electron chi connectivity index (χ2n) is 8.34. The summed E-state index contributed by atoms with van der Waals surface area (Å²) in [7, 11) is 1.50. The number of hydrogen-bond acceptors (Lipinski definition) is 7. The molecule has 190 valence electrons. The van der Waals surface area contributed by atoms with Crippen LogP contribution in [0, 0.1) is 10.1 Å². The number of Topliss-reactive ketones (excluding diaryl/α,β-unsaturated/α-hetero) is 1. The van der Waals surface area contributed by atoms with Crippen LogP contribution >= 0.6 is 0 Å². The molecule has 1 amide bonds. The van der Waals surface area contributed by atoms with E-state index < -0.39 is 28.4 Å². The fraction of sp³-hybridized carbons (Fsp3) is 0.214. The molecule has 1 heterocycles. The first-order valence-corrected chi connectivity index (χ1v) is 11.8. The molecule has 1 aliphatic rings. The zero-order valence-electron chi connectivity index (χ0n) is 20.6. The Labute approximate surface area is 213 Å². The Hall–Kier alpha value is -4.66. The molecule has 0 bridgehead atoms. The largest absolute Gasteiger partial charge is 0.507 e. The summed E-state index contributed by atoms with van der Waals surface area (Å²) in [6.45, 7) is 4.18. The number of non-ortho nitro benzene ring substituents is 1. The van der Waals surface area contributed by atoms with E-state index in [0.717, 1.165) is 18.1 Å². The molecule has 0 aliphatic carbocycles. The standard InChI is InChI=1S/C28H26N2O7/c1-4-17-9-12-20(13-10-17)29-25(18-11-14-22(36-3)23(16-18)37-5-2)24(27(32)28(29)33)26(31)19-7-6-8-21(15-19)30(34)35/h6-16,25,31H,4-5H2,1-3H3/b26-24+. The molecule has 9 heteroatoms. The highest BCUT2D eigenvalue weighted by Gasteiger charge is 2.47. The van der Waals surface area contributed by atoms with Crippen molar-refractivity contribution in [1.82, 2.24) is 0 Å². The van der Waals surface area contributed by atoms with E-state index in [1.165, 1.54) is 30.2 Å². The van der Waals surface area contributed by atoms with Crippen LogP contribution in [0.1, 0.15) is 36.6 Å². The summed E-state index contributed by atoms with van der Waals surface area (Å²) < 4.78 is 11.1. The highest BCUT2D eigenvalue weighted by molar-refractivity contribution is 6.51. The highest BCUT2D eigenvalue weighted by Crippen LogP contribution is 2.44. The lowest BCUT2D eigenvalue weighted by molar-refractivity contribution is -0.384. The molecule has 1 unspecified atom stereocenters. The molecule has 1 saturated heterocycles. The predicted molar refractivity (Wildman–Crippen MR) is 138 cm³/mol. The topological polar surface area (TPSA) is 119 Å². The van der Waals surface area contributed by atoms with Crippen molar-refractivity contribution in [2.45, 2.75) is 26.3 Å². The first kappa shape index (κ1) is 25.4. The summed E-state index contributed by atoms with van der Waals surface area (Å²) >= 11 is 0. The number of methoxy groups -OCH3 is 1. The second kappa shape index (κ2) is 10.5. The van der Waals surface area contributed by atoms with E-state index in [-0.39, 0.29) is 16.8 Å². The van der Waals surface area contributed by atoms with Crippen LogP contribution in [-0.4, -0.2) is 35.4 Å². The number of rotatable bonds is 8. The van der Waals surface area contributed by atoms with Crippen molar-refractivity contribution in [1.29, 1.82) is 0 Å². The smallest absolute Gasteiger partial charge is 0.300 e. The Morgan fingerprint density at radius 1 is 1.03 bits per heavy atom. The Balaban J connectivity index is 1.96. The molecule has 3 aromatic carbocycles. The average Bonchev–Trinajstić information content (AvgIpc) is 3.18. The molecule has 1 atom stereocenters. The van der Waals surface area contributed by atoms with Crippen LogP contribution in [0.3, 0.4) is 0 Å². The number of nitrogens with zero attached hydrogens (tertiary/aromatic N) is 2. The van der Waals surface area contributed by atoms with Crippen LogP contribution in [0.2, 0.25) is 0 Å². The third kappa shape index (κ3) is 4.75. The fourth-order valence-corrected chi connectivity index (χ4v) is 4.36. The van der Waals surface area contributed by atoms with E-state index in [4.69, 9.17) is 9.47 Å². The van der Waals surface area contributed by atoms with Crippen molar-refractivity contribution < 1.29 is 29.1 Å². The molecular weight excluding hydrogens is 476 g/mol. The van der Waals surface area contributed by atoms with Crippen molar-refractivity contribution >= 4 is 28.8 Å². The van der Waals surface area contributed by atoms with Crippen molar-refractivity contribution in [2.24, 2.45) is 0 Å². The minimum atomic E-state index is -1.02. The van der Waals surface area contributed by atoms with Gasteiger partial charge in [0.15, 0.2) is 11.5 Å². The Morgan fingerprint density at radius 2 is 1.76 bits per heavy atom. The van der Waals surface area contributed by atoms with Gasteiger partial charge in [-0.15, -0.1) is 0 Å².